The first-order valence-corrected chi connectivity index (χ1v) is 8.50. The summed E-state index contributed by atoms with van der Waals surface area (Å²) in [4.78, 5) is 15.6. The predicted octanol–water partition coefficient (Wildman–Crippen LogP) is 3.33. The van der Waals surface area contributed by atoms with Gasteiger partial charge in [-0.15, -0.1) is 11.8 Å². The summed E-state index contributed by atoms with van der Waals surface area (Å²) in [7, 11) is 0. The maximum Gasteiger partial charge on any atom is 0.323 e. The highest BCUT2D eigenvalue weighted by Crippen LogP contribution is 2.22. The molecule has 1 aromatic rings. The van der Waals surface area contributed by atoms with Crippen molar-refractivity contribution in [3.63, 3.8) is 0 Å². The molecule has 1 heterocycles. The molecule has 0 unspecified atom stereocenters. The maximum absolute atomic E-state index is 12.0. The third-order valence-electron chi connectivity index (χ3n) is 3.72. The third kappa shape index (κ3) is 4.00. The number of esters is 1. The number of hydrogen-bond acceptors (Lipinski definition) is 4. The fraction of sp³-hybridized carbons (Fsp3) is 0.562. The second kappa shape index (κ2) is 7.70. The molecule has 2 rings (SSSR count). The molecule has 1 atom stereocenters. The normalized spacial score (nSPS) is 19.8. The van der Waals surface area contributed by atoms with Crippen LogP contribution in [0.1, 0.15) is 31.7 Å². The highest BCUT2D eigenvalue weighted by Gasteiger charge is 2.29. The Kier molecular flexibility index (Phi) is 5.92. The van der Waals surface area contributed by atoms with Crippen LogP contribution >= 0.6 is 11.8 Å². The molecule has 1 aliphatic rings. The van der Waals surface area contributed by atoms with Gasteiger partial charge in [0.2, 0.25) is 0 Å². The molecule has 0 amide bonds. The van der Waals surface area contributed by atoms with Crippen LogP contribution in [0.25, 0.3) is 0 Å². The lowest BCUT2D eigenvalue weighted by Gasteiger charge is -2.33. The lowest BCUT2D eigenvalue weighted by Crippen LogP contribution is -2.44. The first-order valence-electron chi connectivity index (χ1n) is 7.28. The van der Waals surface area contributed by atoms with Gasteiger partial charge in [0, 0.05) is 11.4 Å². The smallest absolute Gasteiger partial charge is 0.323 e. The summed E-state index contributed by atoms with van der Waals surface area (Å²) in [5.74, 6) is -0.0621. The lowest BCUT2D eigenvalue weighted by atomic mass is 10.0. The second-order valence-corrected chi connectivity index (χ2v) is 5.96. The van der Waals surface area contributed by atoms with Crippen LogP contribution in [-0.4, -0.2) is 36.3 Å². The van der Waals surface area contributed by atoms with Crippen LogP contribution in [0.5, 0.6) is 0 Å². The topological polar surface area (TPSA) is 29.5 Å². The average molecular weight is 293 g/mol. The van der Waals surface area contributed by atoms with E-state index >= 15 is 0 Å². The maximum atomic E-state index is 12.0. The largest absolute Gasteiger partial charge is 0.465 e. The van der Waals surface area contributed by atoms with Gasteiger partial charge in [0.15, 0.2) is 0 Å². The number of thioether (sulfide) groups is 1. The molecule has 0 spiro atoms. The predicted molar refractivity (Wildman–Crippen MR) is 82.9 cm³/mol. The summed E-state index contributed by atoms with van der Waals surface area (Å²) in [6.45, 7) is 4.14. The molecule has 0 saturated carbocycles. The Morgan fingerprint density at radius 3 is 2.75 bits per heavy atom. The van der Waals surface area contributed by atoms with Crippen LogP contribution in [0.2, 0.25) is 0 Å². The van der Waals surface area contributed by atoms with Crippen molar-refractivity contribution in [1.82, 2.24) is 4.90 Å². The van der Waals surface area contributed by atoms with Gasteiger partial charge in [0.05, 0.1) is 6.61 Å². The minimum atomic E-state index is -0.0658. The zero-order valence-electron chi connectivity index (χ0n) is 12.3. The fourth-order valence-corrected chi connectivity index (χ4v) is 3.06. The van der Waals surface area contributed by atoms with Crippen molar-refractivity contribution < 1.29 is 9.53 Å². The van der Waals surface area contributed by atoms with Gasteiger partial charge < -0.3 is 4.74 Å². The van der Waals surface area contributed by atoms with Crippen molar-refractivity contribution in [2.24, 2.45) is 0 Å². The van der Waals surface area contributed by atoms with Crippen LogP contribution in [0.15, 0.2) is 29.2 Å². The molecule has 0 bridgehead atoms. The zero-order chi connectivity index (χ0) is 14.4. The van der Waals surface area contributed by atoms with Gasteiger partial charge in [-0.25, -0.2) is 0 Å². The summed E-state index contributed by atoms with van der Waals surface area (Å²) in [5, 5.41) is 0. The van der Waals surface area contributed by atoms with E-state index in [1.165, 1.54) is 16.9 Å². The van der Waals surface area contributed by atoms with Gasteiger partial charge in [0.1, 0.15) is 6.04 Å². The third-order valence-corrected chi connectivity index (χ3v) is 4.46. The molecule has 0 aliphatic carbocycles. The molecule has 1 fully saturated rings. The second-order valence-electron chi connectivity index (χ2n) is 5.08. The quantitative estimate of drug-likeness (QED) is 0.615. The lowest BCUT2D eigenvalue weighted by molar-refractivity contribution is -0.151. The van der Waals surface area contributed by atoms with Gasteiger partial charge in [-0.2, -0.15) is 0 Å². The zero-order valence-corrected chi connectivity index (χ0v) is 13.1. The van der Waals surface area contributed by atoms with E-state index < -0.39 is 0 Å². The monoisotopic (exact) mass is 293 g/mol. The number of nitrogens with zero attached hydrogens (tertiary/aromatic N) is 1. The van der Waals surface area contributed by atoms with E-state index in [1.807, 2.05) is 6.92 Å². The van der Waals surface area contributed by atoms with Crippen LogP contribution in [0.4, 0.5) is 0 Å². The van der Waals surface area contributed by atoms with E-state index in [0.29, 0.717) is 6.61 Å². The van der Waals surface area contributed by atoms with E-state index in [0.717, 1.165) is 25.9 Å². The number of likely N-dealkylation sites (tertiary alicyclic amines) is 1. The van der Waals surface area contributed by atoms with E-state index in [-0.39, 0.29) is 12.0 Å². The summed E-state index contributed by atoms with van der Waals surface area (Å²) >= 11 is 1.75. The Morgan fingerprint density at radius 2 is 2.10 bits per heavy atom. The van der Waals surface area contributed by atoms with Gasteiger partial charge >= 0.3 is 5.97 Å². The standard InChI is InChI=1S/C16H23NO2S/c1-3-19-16(18)15-6-4-5-11-17(15)12-13-7-9-14(20-2)10-8-13/h7-10,15H,3-6,11-12H2,1-2H3/t15-/m1/s1. The molecule has 0 N–H and O–H groups in total. The average Bonchev–Trinajstić information content (AvgIpc) is 2.49. The first kappa shape index (κ1) is 15.4. The summed E-state index contributed by atoms with van der Waals surface area (Å²) < 4.78 is 5.20. The highest BCUT2D eigenvalue weighted by atomic mass is 32.2. The molecule has 0 aromatic heterocycles. The number of benzene rings is 1. The highest BCUT2D eigenvalue weighted by molar-refractivity contribution is 7.98. The molecule has 110 valence electrons. The van der Waals surface area contributed by atoms with Gasteiger partial charge in [0.25, 0.3) is 0 Å². The minimum absolute atomic E-state index is 0.0621. The molecule has 4 heteroatoms. The molecular formula is C16H23NO2S. The number of rotatable bonds is 5. The van der Waals surface area contributed by atoms with Crippen LogP contribution in [-0.2, 0) is 16.1 Å². The summed E-state index contributed by atoms with van der Waals surface area (Å²) in [5.41, 5.74) is 1.26. The molecule has 1 saturated heterocycles. The fourth-order valence-electron chi connectivity index (χ4n) is 2.65. The Hall–Kier alpha value is -1.00. The van der Waals surface area contributed by atoms with E-state index in [4.69, 9.17) is 4.74 Å². The van der Waals surface area contributed by atoms with Crippen LogP contribution < -0.4 is 0 Å². The van der Waals surface area contributed by atoms with Crippen molar-refractivity contribution >= 4 is 17.7 Å². The molecule has 1 aliphatic heterocycles. The summed E-state index contributed by atoms with van der Waals surface area (Å²) in [6.07, 6.45) is 5.28. The Labute approximate surface area is 125 Å². The Morgan fingerprint density at radius 1 is 1.35 bits per heavy atom. The van der Waals surface area contributed by atoms with Gasteiger partial charge in [-0.05, 0) is 50.3 Å². The molecular weight excluding hydrogens is 270 g/mol. The molecule has 20 heavy (non-hydrogen) atoms. The van der Waals surface area contributed by atoms with Crippen molar-refractivity contribution in [2.45, 2.75) is 43.7 Å². The summed E-state index contributed by atoms with van der Waals surface area (Å²) in [6, 6.07) is 8.53. The van der Waals surface area contributed by atoms with Crippen molar-refractivity contribution in [1.29, 1.82) is 0 Å². The van der Waals surface area contributed by atoms with E-state index in [9.17, 15) is 4.79 Å². The minimum Gasteiger partial charge on any atom is -0.465 e. The van der Waals surface area contributed by atoms with Crippen LogP contribution in [0.3, 0.4) is 0 Å². The van der Waals surface area contributed by atoms with E-state index in [2.05, 4.69) is 35.4 Å². The SMILES string of the molecule is CCOC(=O)[C@H]1CCCCN1Cc1ccc(SC)cc1. The number of hydrogen-bond donors (Lipinski definition) is 0. The molecule has 1 aromatic carbocycles. The van der Waals surface area contributed by atoms with Crippen LogP contribution in [0, 0.1) is 0 Å². The number of carbonyl (C=O) groups is 1. The number of piperidine rings is 1. The number of ether oxygens (including phenoxy) is 1. The van der Waals surface area contributed by atoms with E-state index in [1.54, 1.807) is 11.8 Å². The van der Waals surface area contributed by atoms with Crippen molar-refractivity contribution in [2.75, 3.05) is 19.4 Å². The van der Waals surface area contributed by atoms with Gasteiger partial charge in [-0.3, -0.25) is 9.69 Å². The van der Waals surface area contributed by atoms with Crippen molar-refractivity contribution in [3.05, 3.63) is 29.8 Å². The van der Waals surface area contributed by atoms with Crippen molar-refractivity contribution in [3.8, 4) is 0 Å². The Balaban J connectivity index is 2.02. The Bertz CT molecular complexity index is 433. The molecule has 0 radical (unpaired) electrons. The van der Waals surface area contributed by atoms with Gasteiger partial charge in [-0.1, -0.05) is 18.6 Å². The number of carbonyl (C=O) groups excluding carboxylic acids is 1. The first-order chi connectivity index (χ1) is 9.74. The molecule has 3 nitrogen and oxygen atoms in total.